The number of hydrogen-bond acceptors (Lipinski definition) is 3. The summed E-state index contributed by atoms with van der Waals surface area (Å²) in [6, 6.07) is 0.375. The third kappa shape index (κ3) is 4.14. The molecule has 1 aromatic rings. The second-order valence-electron chi connectivity index (χ2n) is 3.63. The van der Waals surface area contributed by atoms with Crippen LogP contribution in [0.5, 0.6) is 0 Å². The fourth-order valence-corrected chi connectivity index (χ4v) is 2.22. The molecular formula is C12H20N2S. The highest BCUT2D eigenvalue weighted by Gasteiger charge is 2.08. The minimum atomic E-state index is 0.375. The molecule has 1 aromatic heterocycles. The van der Waals surface area contributed by atoms with E-state index in [4.69, 9.17) is 0 Å². The maximum absolute atomic E-state index is 4.42. The smallest absolute Gasteiger partial charge is 0.109 e. The first-order valence-corrected chi connectivity index (χ1v) is 6.38. The van der Waals surface area contributed by atoms with Crippen LogP contribution in [0.15, 0.2) is 18.9 Å². The molecule has 0 radical (unpaired) electrons. The van der Waals surface area contributed by atoms with Crippen LogP contribution in [-0.4, -0.2) is 11.5 Å². The molecule has 2 nitrogen and oxygen atoms in total. The zero-order valence-electron chi connectivity index (χ0n) is 9.62. The average Bonchev–Trinajstić information content (AvgIpc) is 2.72. The first kappa shape index (κ1) is 12.4. The normalized spacial score (nSPS) is 12.7. The van der Waals surface area contributed by atoms with Crippen molar-refractivity contribution in [1.82, 2.24) is 10.3 Å². The molecule has 0 saturated carbocycles. The Morgan fingerprint density at radius 1 is 1.67 bits per heavy atom. The van der Waals surface area contributed by atoms with Crippen LogP contribution in [0.25, 0.3) is 0 Å². The minimum absolute atomic E-state index is 0.375. The molecule has 0 aliphatic carbocycles. The zero-order valence-corrected chi connectivity index (χ0v) is 10.4. The number of aryl methyl sites for hydroxylation is 1. The van der Waals surface area contributed by atoms with Crippen molar-refractivity contribution in [1.29, 1.82) is 0 Å². The van der Waals surface area contributed by atoms with Gasteiger partial charge in [0.05, 0.1) is 6.04 Å². The van der Waals surface area contributed by atoms with E-state index in [1.54, 1.807) is 0 Å². The molecule has 0 spiro atoms. The quantitative estimate of drug-likeness (QED) is 0.567. The van der Waals surface area contributed by atoms with Crippen molar-refractivity contribution < 1.29 is 0 Å². The molecule has 0 aliphatic heterocycles. The van der Waals surface area contributed by atoms with E-state index in [0.717, 1.165) is 25.8 Å². The maximum atomic E-state index is 4.42. The van der Waals surface area contributed by atoms with Crippen LogP contribution in [0.1, 0.15) is 42.6 Å². The van der Waals surface area contributed by atoms with Crippen molar-refractivity contribution in [2.24, 2.45) is 0 Å². The van der Waals surface area contributed by atoms with Crippen LogP contribution in [-0.2, 0) is 6.42 Å². The highest BCUT2D eigenvalue weighted by molar-refractivity contribution is 7.11. The first-order valence-electron chi connectivity index (χ1n) is 5.56. The molecule has 0 fully saturated rings. The fraction of sp³-hybridized carbons (Fsp3) is 0.583. The van der Waals surface area contributed by atoms with Crippen LogP contribution < -0.4 is 5.32 Å². The summed E-state index contributed by atoms with van der Waals surface area (Å²) in [6.45, 7) is 9.09. The van der Waals surface area contributed by atoms with Crippen LogP contribution in [0, 0.1) is 0 Å². The van der Waals surface area contributed by atoms with Gasteiger partial charge in [-0.3, -0.25) is 0 Å². The van der Waals surface area contributed by atoms with Gasteiger partial charge in [-0.2, -0.15) is 0 Å². The summed E-state index contributed by atoms with van der Waals surface area (Å²) in [4.78, 5) is 5.79. The van der Waals surface area contributed by atoms with Crippen LogP contribution in [0.4, 0.5) is 0 Å². The van der Waals surface area contributed by atoms with Crippen molar-refractivity contribution in [3.05, 3.63) is 28.7 Å². The standard InChI is InChI=1S/C12H20N2S/c1-4-6-7-8-13-10(3)12-14-9-11(5-2)15-12/h4,9-10,13H,1,5-8H2,2-3H3. The Labute approximate surface area is 96.4 Å². The average molecular weight is 224 g/mol. The van der Waals surface area contributed by atoms with E-state index in [2.05, 4.69) is 30.7 Å². The molecule has 1 unspecified atom stereocenters. The summed E-state index contributed by atoms with van der Waals surface area (Å²) in [5.74, 6) is 0. The number of rotatable bonds is 7. The molecule has 0 aromatic carbocycles. The Morgan fingerprint density at radius 3 is 3.07 bits per heavy atom. The molecule has 0 aliphatic rings. The van der Waals surface area contributed by atoms with Gasteiger partial charge in [0.25, 0.3) is 0 Å². The second-order valence-corrected chi connectivity index (χ2v) is 4.77. The Morgan fingerprint density at radius 2 is 2.47 bits per heavy atom. The van der Waals surface area contributed by atoms with Gasteiger partial charge in [0.2, 0.25) is 0 Å². The van der Waals surface area contributed by atoms with Gasteiger partial charge in [-0.25, -0.2) is 4.98 Å². The van der Waals surface area contributed by atoms with E-state index in [-0.39, 0.29) is 0 Å². The van der Waals surface area contributed by atoms with Crippen molar-refractivity contribution in [2.45, 2.75) is 39.2 Å². The zero-order chi connectivity index (χ0) is 11.1. The van der Waals surface area contributed by atoms with E-state index in [0.29, 0.717) is 6.04 Å². The predicted octanol–water partition coefficient (Wildman–Crippen LogP) is 3.32. The number of allylic oxidation sites excluding steroid dienone is 1. The number of unbranched alkanes of at least 4 members (excludes halogenated alkanes) is 1. The van der Waals surface area contributed by atoms with E-state index in [1.165, 1.54) is 9.88 Å². The van der Waals surface area contributed by atoms with Crippen molar-refractivity contribution in [3.8, 4) is 0 Å². The molecule has 15 heavy (non-hydrogen) atoms. The summed E-state index contributed by atoms with van der Waals surface area (Å²) in [5.41, 5.74) is 0. The lowest BCUT2D eigenvalue weighted by molar-refractivity contribution is 0.558. The number of hydrogen-bond donors (Lipinski definition) is 1. The Kier molecular flexibility index (Phi) is 5.58. The van der Waals surface area contributed by atoms with Crippen molar-refractivity contribution in [3.63, 3.8) is 0 Å². The highest BCUT2D eigenvalue weighted by Crippen LogP contribution is 2.19. The molecule has 0 saturated heterocycles. The number of nitrogens with one attached hydrogen (secondary N) is 1. The highest BCUT2D eigenvalue weighted by atomic mass is 32.1. The third-order valence-electron chi connectivity index (χ3n) is 2.33. The summed E-state index contributed by atoms with van der Waals surface area (Å²) >= 11 is 1.81. The van der Waals surface area contributed by atoms with Gasteiger partial charge in [0.1, 0.15) is 5.01 Å². The SMILES string of the molecule is C=CCCCNC(C)c1ncc(CC)s1. The predicted molar refractivity (Wildman–Crippen MR) is 67.3 cm³/mol. The van der Waals surface area contributed by atoms with Gasteiger partial charge in [-0.15, -0.1) is 17.9 Å². The van der Waals surface area contributed by atoms with Gasteiger partial charge < -0.3 is 5.32 Å². The third-order valence-corrected chi connectivity index (χ3v) is 3.65. The van der Waals surface area contributed by atoms with E-state index < -0.39 is 0 Å². The molecule has 3 heteroatoms. The Bertz CT molecular complexity index is 294. The number of thiazole rings is 1. The van der Waals surface area contributed by atoms with Gasteiger partial charge in [0.15, 0.2) is 0 Å². The maximum Gasteiger partial charge on any atom is 0.109 e. The van der Waals surface area contributed by atoms with Gasteiger partial charge in [-0.05, 0) is 32.7 Å². The monoisotopic (exact) mass is 224 g/mol. The van der Waals surface area contributed by atoms with Crippen LogP contribution >= 0.6 is 11.3 Å². The molecular weight excluding hydrogens is 204 g/mol. The summed E-state index contributed by atoms with van der Waals surface area (Å²) in [7, 11) is 0. The molecule has 0 bridgehead atoms. The van der Waals surface area contributed by atoms with Gasteiger partial charge in [0, 0.05) is 11.1 Å². The van der Waals surface area contributed by atoms with Crippen molar-refractivity contribution in [2.75, 3.05) is 6.54 Å². The minimum Gasteiger partial charge on any atom is -0.308 e. The number of aromatic nitrogens is 1. The lowest BCUT2D eigenvalue weighted by Gasteiger charge is -2.09. The Hall–Kier alpha value is -0.670. The summed E-state index contributed by atoms with van der Waals surface area (Å²) in [5, 5.41) is 4.67. The molecule has 1 N–H and O–H groups in total. The van der Waals surface area contributed by atoms with E-state index >= 15 is 0 Å². The van der Waals surface area contributed by atoms with Crippen LogP contribution in [0.3, 0.4) is 0 Å². The second kappa shape index (κ2) is 6.75. The van der Waals surface area contributed by atoms with Crippen molar-refractivity contribution >= 4 is 11.3 Å². The summed E-state index contributed by atoms with van der Waals surface area (Å²) in [6.07, 6.45) is 7.27. The van der Waals surface area contributed by atoms with E-state index in [9.17, 15) is 0 Å². The first-order chi connectivity index (χ1) is 7.27. The fourth-order valence-electron chi connectivity index (χ4n) is 1.34. The lowest BCUT2D eigenvalue weighted by Crippen LogP contribution is -2.19. The van der Waals surface area contributed by atoms with Gasteiger partial charge in [-0.1, -0.05) is 13.0 Å². The summed E-state index contributed by atoms with van der Waals surface area (Å²) < 4.78 is 0. The largest absolute Gasteiger partial charge is 0.308 e. The Balaban J connectivity index is 2.32. The molecule has 1 atom stereocenters. The van der Waals surface area contributed by atoms with E-state index in [1.807, 2.05) is 23.6 Å². The molecule has 84 valence electrons. The molecule has 0 amide bonds. The molecule has 1 rings (SSSR count). The lowest BCUT2D eigenvalue weighted by atomic mass is 10.3. The van der Waals surface area contributed by atoms with Crippen LogP contribution in [0.2, 0.25) is 0 Å². The molecule has 1 heterocycles. The van der Waals surface area contributed by atoms with Gasteiger partial charge >= 0.3 is 0 Å². The topological polar surface area (TPSA) is 24.9 Å². The number of nitrogens with zero attached hydrogens (tertiary/aromatic N) is 1.